The lowest BCUT2D eigenvalue weighted by Crippen LogP contribution is -2.54. The van der Waals surface area contributed by atoms with Crippen LogP contribution >= 0.6 is 11.6 Å². The van der Waals surface area contributed by atoms with Gasteiger partial charge in [-0.25, -0.2) is 4.99 Å². The van der Waals surface area contributed by atoms with E-state index >= 15 is 0 Å². The predicted molar refractivity (Wildman–Crippen MR) is 108 cm³/mol. The van der Waals surface area contributed by atoms with Gasteiger partial charge in [0.15, 0.2) is 0 Å². The molecule has 0 amide bonds. The first-order chi connectivity index (χ1) is 13.0. The van der Waals surface area contributed by atoms with Gasteiger partial charge in [0.1, 0.15) is 5.82 Å². The van der Waals surface area contributed by atoms with E-state index in [2.05, 4.69) is 26.0 Å². The summed E-state index contributed by atoms with van der Waals surface area (Å²) in [6.07, 6.45) is 7.74. The Kier molecular flexibility index (Phi) is 4.90. The SMILES string of the molecule is Cn1cc(C2=C(NC3CCNCC3)NC(N)(c3ccc(Cl)cc3)N=C2)cn1. The van der Waals surface area contributed by atoms with Gasteiger partial charge < -0.3 is 16.0 Å². The summed E-state index contributed by atoms with van der Waals surface area (Å²) in [4.78, 5) is 4.62. The molecule has 1 atom stereocenters. The van der Waals surface area contributed by atoms with Gasteiger partial charge in [-0.05, 0) is 38.1 Å². The summed E-state index contributed by atoms with van der Waals surface area (Å²) in [5.41, 5.74) is 9.40. The Morgan fingerprint density at radius 2 is 2.00 bits per heavy atom. The highest BCUT2D eigenvalue weighted by atomic mass is 35.5. The van der Waals surface area contributed by atoms with Crippen molar-refractivity contribution in [2.45, 2.75) is 24.7 Å². The molecule has 4 rings (SSSR count). The number of nitrogens with two attached hydrogens (primary N) is 1. The highest BCUT2D eigenvalue weighted by Gasteiger charge is 2.32. The molecule has 5 N–H and O–H groups in total. The fourth-order valence-electron chi connectivity index (χ4n) is 3.44. The molecule has 142 valence electrons. The fraction of sp³-hybridized carbons (Fsp3) is 0.368. The van der Waals surface area contributed by atoms with Crippen LogP contribution in [0.5, 0.6) is 0 Å². The van der Waals surface area contributed by atoms with Gasteiger partial charge in [0.05, 0.1) is 6.20 Å². The first-order valence-electron chi connectivity index (χ1n) is 9.12. The standard InChI is InChI=1S/C19H24ClN7/c1-27-12-13(10-24-27)17-11-23-19(21,14-2-4-15(20)5-3-14)26-18(17)25-16-6-8-22-9-7-16/h2-5,10-12,16,22,25-26H,6-9,21H2,1H3. The minimum atomic E-state index is -1.05. The Bertz CT molecular complexity index is 864. The molecule has 1 saturated heterocycles. The smallest absolute Gasteiger partial charge is 0.210 e. The summed E-state index contributed by atoms with van der Waals surface area (Å²) in [5.74, 6) is -0.173. The summed E-state index contributed by atoms with van der Waals surface area (Å²) in [7, 11) is 1.90. The summed E-state index contributed by atoms with van der Waals surface area (Å²) in [6, 6.07) is 7.81. The van der Waals surface area contributed by atoms with Crippen molar-refractivity contribution in [3.05, 3.63) is 58.6 Å². The van der Waals surface area contributed by atoms with Crippen molar-refractivity contribution in [3.63, 3.8) is 0 Å². The average molecular weight is 386 g/mol. The van der Waals surface area contributed by atoms with E-state index in [1.807, 2.05) is 49.9 Å². The second-order valence-electron chi connectivity index (χ2n) is 7.02. The van der Waals surface area contributed by atoms with Crippen molar-refractivity contribution in [2.24, 2.45) is 17.8 Å². The van der Waals surface area contributed by atoms with E-state index in [9.17, 15) is 0 Å². The van der Waals surface area contributed by atoms with Gasteiger partial charge in [0, 0.05) is 47.2 Å². The van der Waals surface area contributed by atoms with Crippen LogP contribution < -0.4 is 21.7 Å². The number of hydrogen-bond acceptors (Lipinski definition) is 6. The zero-order chi connectivity index (χ0) is 18.9. The minimum Gasteiger partial charge on any atom is -0.368 e. The third kappa shape index (κ3) is 3.85. The Labute approximate surface area is 163 Å². The van der Waals surface area contributed by atoms with Crippen molar-refractivity contribution >= 4 is 23.4 Å². The van der Waals surface area contributed by atoms with Gasteiger partial charge in [-0.2, -0.15) is 5.10 Å². The first kappa shape index (κ1) is 18.0. The molecule has 0 spiro atoms. The number of aryl methyl sites for hydroxylation is 1. The molecular weight excluding hydrogens is 362 g/mol. The third-order valence-electron chi connectivity index (χ3n) is 4.97. The van der Waals surface area contributed by atoms with Gasteiger partial charge in [-0.3, -0.25) is 10.4 Å². The lowest BCUT2D eigenvalue weighted by atomic mass is 10.0. The maximum Gasteiger partial charge on any atom is 0.210 e. The number of piperidine rings is 1. The topological polar surface area (TPSA) is 92.3 Å². The Morgan fingerprint density at radius 1 is 1.26 bits per heavy atom. The fourth-order valence-corrected chi connectivity index (χ4v) is 3.56. The molecule has 0 bridgehead atoms. The summed E-state index contributed by atoms with van der Waals surface area (Å²) in [6.45, 7) is 2.01. The normalized spacial score (nSPS) is 23.4. The van der Waals surface area contributed by atoms with Gasteiger partial charge >= 0.3 is 0 Å². The largest absolute Gasteiger partial charge is 0.368 e. The third-order valence-corrected chi connectivity index (χ3v) is 5.22. The molecule has 1 aromatic carbocycles. The molecule has 1 unspecified atom stereocenters. The van der Waals surface area contributed by atoms with Gasteiger partial charge in [0.2, 0.25) is 5.79 Å². The number of rotatable bonds is 4. The number of allylic oxidation sites excluding steroid dienone is 1. The number of benzene rings is 1. The van der Waals surface area contributed by atoms with Crippen molar-refractivity contribution in [2.75, 3.05) is 13.1 Å². The monoisotopic (exact) mass is 385 g/mol. The van der Waals surface area contributed by atoms with Gasteiger partial charge in [-0.1, -0.05) is 23.7 Å². The second-order valence-corrected chi connectivity index (χ2v) is 7.45. The summed E-state index contributed by atoms with van der Waals surface area (Å²) in [5, 5.41) is 15.4. The van der Waals surface area contributed by atoms with Crippen molar-refractivity contribution in [1.82, 2.24) is 25.7 Å². The molecule has 0 radical (unpaired) electrons. The van der Waals surface area contributed by atoms with E-state index in [0.29, 0.717) is 11.1 Å². The zero-order valence-electron chi connectivity index (χ0n) is 15.2. The molecule has 0 saturated carbocycles. The quantitative estimate of drug-likeness (QED) is 0.640. The number of nitrogens with one attached hydrogen (secondary N) is 3. The lowest BCUT2D eigenvalue weighted by molar-refractivity contribution is 0.350. The minimum absolute atomic E-state index is 0.376. The van der Waals surface area contributed by atoms with E-state index in [0.717, 1.165) is 48.5 Å². The molecule has 0 aliphatic carbocycles. The van der Waals surface area contributed by atoms with E-state index in [4.69, 9.17) is 17.3 Å². The second kappa shape index (κ2) is 7.34. The molecule has 2 aromatic rings. The van der Waals surface area contributed by atoms with E-state index in [-0.39, 0.29) is 0 Å². The van der Waals surface area contributed by atoms with E-state index < -0.39 is 5.79 Å². The number of aliphatic imine (C=N–C) groups is 1. The van der Waals surface area contributed by atoms with Crippen LogP contribution in [0.15, 0.2) is 47.5 Å². The molecule has 1 aromatic heterocycles. The van der Waals surface area contributed by atoms with Crippen molar-refractivity contribution in [3.8, 4) is 0 Å². The number of aromatic nitrogens is 2. The van der Waals surface area contributed by atoms with Crippen LogP contribution in [-0.4, -0.2) is 35.1 Å². The van der Waals surface area contributed by atoms with Crippen LogP contribution in [0, 0.1) is 0 Å². The molecule has 8 heteroatoms. The van der Waals surface area contributed by atoms with E-state index in [1.54, 1.807) is 4.68 Å². The average Bonchev–Trinajstić information content (AvgIpc) is 3.09. The van der Waals surface area contributed by atoms with Crippen LogP contribution in [0.25, 0.3) is 5.57 Å². The number of hydrogen-bond donors (Lipinski definition) is 4. The van der Waals surface area contributed by atoms with Crippen molar-refractivity contribution < 1.29 is 0 Å². The molecule has 27 heavy (non-hydrogen) atoms. The number of nitrogens with zero attached hydrogens (tertiary/aromatic N) is 3. The van der Waals surface area contributed by atoms with Crippen LogP contribution in [-0.2, 0) is 12.8 Å². The molecule has 2 aliphatic rings. The highest BCUT2D eigenvalue weighted by Crippen LogP contribution is 2.27. The molecule has 3 heterocycles. The van der Waals surface area contributed by atoms with Crippen LogP contribution in [0.1, 0.15) is 24.0 Å². The lowest BCUT2D eigenvalue weighted by Gasteiger charge is -2.36. The maximum atomic E-state index is 6.61. The number of halogens is 1. The molecule has 1 fully saturated rings. The van der Waals surface area contributed by atoms with Crippen molar-refractivity contribution in [1.29, 1.82) is 0 Å². The summed E-state index contributed by atoms with van der Waals surface area (Å²) < 4.78 is 1.78. The summed E-state index contributed by atoms with van der Waals surface area (Å²) >= 11 is 6.02. The molecule has 2 aliphatic heterocycles. The highest BCUT2D eigenvalue weighted by molar-refractivity contribution is 6.30. The van der Waals surface area contributed by atoms with Gasteiger partial charge in [-0.15, -0.1) is 0 Å². The van der Waals surface area contributed by atoms with Gasteiger partial charge in [0.25, 0.3) is 0 Å². The van der Waals surface area contributed by atoms with E-state index in [1.165, 1.54) is 0 Å². The zero-order valence-corrected chi connectivity index (χ0v) is 16.0. The Balaban J connectivity index is 1.67. The van der Waals surface area contributed by atoms with Crippen LogP contribution in [0.3, 0.4) is 0 Å². The maximum absolute atomic E-state index is 6.61. The first-order valence-corrected chi connectivity index (χ1v) is 9.50. The Morgan fingerprint density at radius 3 is 2.67 bits per heavy atom. The van der Waals surface area contributed by atoms with Crippen LogP contribution in [0.2, 0.25) is 5.02 Å². The van der Waals surface area contributed by atoms with Crippen LogP contribution in [0.4, 0.5) is 0 Å². The molecular formula is C19H24ClN7. The predicted octanol–water partition coefficient (Wildman–Crippen LogP) is 1.53. The Hall–Kier alpha value is -2.35. The molecule has 7 nitrogen and oxygen atoms in total.